The van der Waals surface area contributed by atoms with Gasteiger partial charge < -0.3 is 5.32 Å². The van der Waals surface area contributed by atoms with Crippen molar-refractivity contribution in [1.82, 2.24) is 5.32 Å². The van der Waals surface area contributed by atoms with E-state index in [4.69, 9.17) is 0 Å². The smallest absolute Gasteiger partial charge is 0.0348 e. The Kier molecular flexibility index (Phi) is 2.51. The van der Waals surface area contributed by atoms with Gasteiger partial charge >= 0.3 is 0 Å². The van der Waals surface area contributed by atoms with Crippen molar-refractivity contribution in [1.29, 1.82) is 0 Å². The maximum atomic E-state index is 3.80. The van der Waals surface area contributed by atoms with Gasteiger partial charge in [-0.1, -0.05) is 37.3 Å². The van der Waals surface area contributed by atoms with Crippen LogP contribution in [0.3, 0.4) is 0 Å². The second-order valence-corrected chi connectivity index (χ2v) is 5.92. The molecule has 2 saturated carbocycles. The predicted molar refractivity (Wildman–Crippen MR) is 67.3 cm³/mol. The van der Waals surface area contributed by atoms with Crippen LogP contribution in [0.4, 0.5) is 0 Å². The lowest BCUT2D eigenvalue weighted by molar-refractivity contribution is 0.413. The molecule has 86 valence electrons. The van der Waals surface area contributed by atoms with Gasteiger partial charge in [0.2, 0.25) is 0 Å². The molecule has 0 aromatic heterocycles. The summed E-state index contributed by atoms with van der Waals surface area (Å²) in [5, 5.41) is 3.80. The summed E-state index contributed by atoms with van der Waals surface area (Å²) in [6, 6.07) is 11.6. The molecule has 1 N–H and O–H groups in total. The van der Waals surface area contributed by atoms with Gasteiger partial charge in [-0.3, -0.25) is 0 Å². The Morgan fingerprint density at radius 2 is 1.94 bits per heavy atom. The summed E-state index contributed by atoms with van der Waals surface area (Å²) in [6.45, 7) is 3.60. The van der Waals surface area contributed by atoms with Crippen LogP contribution in [-0.2, 0) is 0 Å². The number of hydrogen-bond donors (Lipinski definition) is 1. The van der Waals surface area contributed by atoms with E-state index >= 15 is 0 Å². The van der Waals surface area contributed by atoms with Gasteiger partial charge in [0.15, 0.2) is 0 Å². The molecule has 2 fully saturated rings. The molecule has 1 atom stereocenters. The molecule has 16 heavy (non-hydrogen) atoms. The normalized spacial score (nSPS) is 24.1. The second-order valence-electron chi connectivity index (χ2n) is 5.92. The highest BCUT2D eigenvalue weighted by Gasteiger charge is 2.39. The lowest BCUT2D eigenvalue weighted by Crippen LogP contribution is -2.28. The Balaban J connectivity index is 1.67. The zero-order valence-corrected chi connectivity index (χ0v) is 10.1. The van der Waals surface area contributed by atoms with Crippen LogP contribution in [0.25, 0.3) is 0 Å². The fraction of sp³-hybridized carbons (Fsp3) is 0.600. The minimum absolute atomic E-state index is 0.610. The highest BCUT2D eigenvalue weighted by molar-refractivity contribution is 5.21. The average Bonchev–Trinajstić information content (AvgIpc) is 3.19. The molecule has 2 aliphatic carbocycles. The number of hydrogen-bond acceptors (Lipinski definition) is 1. The molecule has 0 spiro atoms. The van der Waals surface area contributed by atoms with Gasteiger partial charge in [0, 0.05) is 12.6 Å². The molecule has 0 saturated heterocycles. The number of benzene rings is 1. The van der Waals surface area contributed by atoms with E-state index in [9.17, 15) is 0 Å². The number of nitrogens with one attached hydrogen (secondary N) is 1. The maximum absolute atomic E-state index is 3.80. The van der Waals surface area contributed by atoms with Crippen LogP contribution < -0.4 is 5.32 Å². The lowest BCUT2D eigenvalue weighted by Gasteiger charge is -2.21. The number of rotatable bonds is 5. The zero-order valence-electron chi connectivity index (χ0n) is 10.1. The van der Waals surface area contributed by atoms with Crippen LogP contribution in [0.15, 0.2) is 30.3 Å². The molecule has 0 heterocycles. The first-order valence-corrected chi connectivity index (χ1v) is 6.55. The van der Waals surface area contributed by atoms with Crippen LogP contribution >= 0.6 is 0 Å². The molecule has 1 aromatic carbocycles. The largest absolute Gasteiger partial charge is 0.309 e. The SMILES string of the molecule is CC1(CNC(c2ccccc2)C2CC2)CC1. The molecule has 0 radical (unpaired) electrons. The van der Waals surface area contributed by atoms with Gasteiger partial charge in [-0.05, 0) is 42.6 Å². The van der Waals surface area contributed by atoms with Gasteiger partial charge in [-0.2, -0.15) is 0 Å². The van der Waals surface area contributed by atoms with Crippen LogP contribution in [0, 0.1) is 11.3 Å². The first-order valence-electron chi connectivity index (χ1n) is 6.55. The van der Waals surface area contributed by atoms with E-state index < -0.39 is 0 Å². The third kappa shape index (κ3) is 2.30. The van der Waals surface area contributed by atoms with E-state index in [1.54, 1.807) is 0 Å². The van der Waals surface area contributed by atoms with E-state index in [0.717, 1.165) is 5.92 Å². The van der Waals surface area contributed by atoms with Crippen molar-refractivity contribution >= 4 is 0 Å². The molecule has 2 aliphatic rings. The van der Waals surface area contributed by atoms with Gasteiger partial charge in [0.05, 0.1) is 0 Å². The first-order chi connectivity index (χ1) is 7.77. The Bertz CT molecular complexity index is 349. The molecular weight excluding hydrogens is 194 g/mol. The molecule has 0 amide bonds. The predicted octanol–water partition coefficient (Wildman–Crippen LogP) is 3.53. The Morgan fingerprint density at radius 1 is 1.25 bits per heavy atom. The van der Waals surface area contributed by atoms with Crippen LogP contribution in [0.1, 0.15) is 44.2 Å². The van der Waals surface area contributed by atoms with Gasteiger partial charge in [0.1, 0.15) is 0 Å². The molecule has 0 bridgehead atoms. The van der Waals surface area contributed by atoms with Crippen molar-refractivity contribution < 1.29 is 0 Å². The van der Waals surface area contributed by atoms with Crippen molar-refractivity contribution in [3.63, 3.8) is 0 Å². The summed E-state index contributed by atoms with van der Waals surface area (Å²) in [5.41, 5.74) is 2.09. The fourth-order valence-corrected chi connectivity index (χ4v) is 2.39. The minimum Gasteiger partial charge on any atom is -0.309 e. The first kappa shape index (κ1) is 10.3. The zero-order chi connectivity index (χ0) is 11.0. The highest BCUT2D eigenvalue weighted by atomic mass is 14.9. The molecule has 1 nitrogen and oxygen atoms in total. The fourth-order valence-electron chi connectivity index (χ4n) is 2.39. The molecule has 1 heteroatoms. The molecular formula is C15H21N. The Hall–Kier alpha value is -0.820. The topological polar surface area (TPSA) is 12.0 Å². The van der Waals surface area contributed by atoms with E-state index in [-0.39, 0.29) is 0 Å². The van der Waals surface area contributed by atoms with E-state index in [0.29, 0.717) is 11.5 Å². The monoisotopic (exact) mass is 215 g/mol. The van der Waals surface area contributed by atoms with Crippen LogP contribution in [0.5, 0.6) is 0 Å². The van der Waals surface area contributed by atoms with Crippen molar-refractivity contribution in [3.05, 3.63) is 35.9 Å². The summed E-state index contributed by atoms with van der Waals surface area (Å²) >= 11 is 0. The van der Waals surface area contributed by atoms with Crippen molar-refractivity contribution in [3.8, 4) is 0 Å². The summed E-state index contributed by atoms with van der Waals surface area (Å²) in [6.07, 6.45) is 5.63. The average molecular weight is 215 g/mol. The maximum Gasteiger partial charge on any atom is 0.0348 e. The second kappa shape index (κ2) is 3.89. The summed E-state index contributed by atoms with van der Waals surface area (Å²) in [7, 11) is 0. The third-order valence-corrected chi connectivity index (χ3v) is 4.10. The quantitative estimate of drug-likeness (QED) is 0.792. The Labute approximate surface area is 98.3 Å². The standard InChI is InChI=1S/C15H21N/c1-15(9-10-15)11-16-14(13-7-8-13)12-5-3-2-4-6-12/h2-6,13-14,16H,7-11H2,1H3. The van der Waals surface area contributed by atoms with Crippen molar-refractivity contribution in [2.24, 2.45) is 11.3 Å². The summed E-state index contributed by atoms with van der Waals surface area (Å²) in [5.74, 6) is 0.893. The van der Waals surface area contributed by atoms with E-state index in [1.807, 2.05) is 0 Å². The molecule has 1 unspecified atom stereocenters. The van der Waals surface area contributed by atoms with E-state index in [1.165, 1.54) is 37.8 Å². The summed E-state index contributed by atoms with van der Waals surface area (Å²) < 4.78 is 0. The van der Waals surface area contributed by atoms with Gasteiger partial charge in [-0.15, -0.1) is 0 Å². The highest BCUT2D eigenvalue weighted by Crippen LogP contribution is 2.46. The van der Waals surface area contributed by atoms with Crippen molar-refractivity contribution in [2.75, 3.05) is 6.54 Å². The van der Waals surface area contributed by atoms with Crippen LogP contribution in [0.2, 0.25) is 0 Å². The molecule has 1 aromatic rings. The van der Waals surface area contributed by atoms with Crippen LogP contribution in [-0.4, -0.2) is 6.54 Å². The van der Waals surface area contributed by atoms with E-state index in [2.05, 4.69) is 42.6 Å². The molecule has 3 rings (SSSR count). The van der Waals surface area contributed by atoms with Gasteiger partial charge in [0.25, 0.3) is 0 Å². The molecule has 0 aliphatic heterocycles. The lowest BCUT2D eigenvalue weighted by atomic mass is 10.0. The minimum atomic E-state index is 0.610. The third-order valence-electron chi connectivity index (χ3n) is 4.10. The van der Waals surface area contributed by atoms with Gasteiger partial charge in [-0.25, -0.2) is 0 Å². The summed E-state index contributed by atoms with van der Waals surface area (Å²) in [4.78, 5) is 0. The van der Waals surface area contributed by atoms with Crippen molar-refractivity contribution in [2.45, 2.75) is 38.6 Å². The Morgan fingerprint density at radius 3 is 2.50 bits per heavy atom.